The highest BCUT2D eigenvalue weighted by Crippen LogP contribution is 2.45. The van der Waals surface area contributed by atoms with Gasteiger partial charge in [-0.25, -0.2) is 28.0 Å². The average Bonchev–Trinajstić information content (AvgIpc) is 3.02. The van der Waals surface area contributed by atoms with Crippen LogP contribution < -0.4 is 16.0 Å². The summed E-state index contributed by atoms with van der Waals surface area (Å²) in [6, 6.07) is -0.466. The van der Waals surface area contributed by atoms with Crippen LogP contribution in [0.1, 0.15) is 92.4 Å². The summed E-state index contributed by atoms with van der Waals surface area (Å²) in [5.41, 5.74) is -0.482. The molecular weight excluding hydrogens is 702 g/mol. The number of rotatable bonds is 23. The maximum atomic E-state index is 14.0. The first kappa shape index (κ1) is 46.2. The van der Waals surface area contributed by atoms with Gasteiger partial charge in [-0.15, -0.1) is 0 Å². The molecule has 1 fully saturated rings. The molecule has 0 aromatic heterocycles. The summed E-state index contributed by atoms with van der Waals surface area (Å²) >= 11 is 0. The number of carbonyl (C=O) groups excluding carboxylic acids is 5. The molecule has 3 amide bonds. The van der Waals surface area contributed by atoms with Crippen LogP contribution >= 0.6 is 0 Å². The second-order valence-corrected chi connectivity index (χ2v) is 14.1. The highest BCUT2D eigenvalue weighted by Gasteiger charge is 2.43. The molecule has 2 atom stereocenters. The van der Waals surface area contributed by atoms with Crippen LogP contribution in [0.3, 0.4) is 0 Å². The van der Waals surface area contributed by atoms with Gasteiger partial charge in [-0.2, -0.15) is 8.78 Å². The molecule has 14 nitrogen and oxygen atoms in total. The molecule has 0 heterocycles. The van der Waals surface area contributed by atoms with Gasteiger partial charge >= 0.3 is 36.3 Å². The van der Waals surface area contributed by atoms with Gasteiger partial charge in [-0.1, -0.05) is 46.6 Å². The Morgan fingerprint density at radius 3 is 1.92 bits per heavy atom. The minimum atomic E-state index is -4.03. The smallest absolute Gasteiger partial charge is 0.407 e. The minimum absolute atomic E-state index is 0.0169. The van der Waals surface area contributed by atoms with Gasteiger partial charge in [-0.05, 0) is 49.9 Å². The third kappa shape index (κ3) is 22.2. The van der Waals surface area contributed by atoms with Crippen LogP contribution in [0.4, 0.5) is 31.9 Å². The quantitative estimate of drug-likeness (QED) is 0.0365. The lowest BCUT2D eigenvalue weighted by Gasteiger charge is -2.46. The third-order valence-electron chi connectivity index (χ3n) is 7.77. The van der Waals surface area contributed by atoms with E-state index in [1.54, 1.807) is 0 Å². The first-order chi connectivity index (χ1) is 24.1. The molecule has 1 aliphatic rings. The first-order valence-corrected chi connectivity index (χ1v) is 17.2. The second kappa shape index (κ2) is 22.3. The van der Waals surface area contributed by atoms with Crippen molar-refractivity contribution in [2.75, 3.05) is 52.7 Å². The molecular formula is C34H55F4N3O11. The van der Waals surface area contributed by atoms with Gasteiger partial charge in [0.25, 0.3) is 5.92 Å². The van der Waals surface area contributed by atoms with Crippen molar-refractivity contribution < 1.29 is 70.0 Å². The number of amides is 3. The number of unbranched alkanes of at least 4 members (excludes halogenated alkanes) is 4. The van der Waals surface area contributed by atoms with Crippen molar-refractivity contribution in [2.45, 2.75) is 110 Å². The van der Waals surface area contributed by atoms with E-state index in [0.29, 0.717) is 32.1 Å². The SMILES string of the molecule is C=C(C)C(=O)OCCNC(=O)OCCCCCCCOC(=O)NCC1(C)CC(NC(=O)OCC(F)(F)OCCC(F)(F)COC(C)=O)CC(C)(C)C1. The van der Waals surface area contributed by atoms with Crippen molar-refractivity contribution in [3.63, 3.8) is 0 Å². The highest BCUT2D eigenvalue weighted by molar-refractivity contribution is 5.86. The molecule has 0 bridgehead atoms. The molecule has 1 saturated carbocycles. The maximum absolute atomic E-state index is 14.0. The van der Waals surface area contributed by atoms with E-state index in [2.05, 4.69) is 36.7 Å². The minimum Gasteiger partial charge on any atom is -0.460 e. The fraction of sp³-hybridized carbons (Fsp3) is 0.794. The Bertz CT molecular complexity index is 1190. The largest absolute Gasteiger partial charge is 0.460 e. The molecule has 0 aliphatic heterocycles. The zero-order valence-corrected chi connectivity index (χ0v) is 30.8. The molecule has 2 unspecified atom stereocenters. The normalized spacial score (nSPS) is 18.4. The monoisotopic (exact) mass is 757 g/mol. The van der Waals surface area contributed by atoms with Crippen molar-refractivity contribution in [3.05, 3.63) is 12.2 Å². The zero-order chi connectivity index (χ0) is 39.4. The van der Waals surface area contributed by atoms with Crippen LogP contribution in [0.5, 0.6) is 0 Å². The van der Waals surface area contributed by atoms with E-state index in [1.807, 2.05) is 20.8 Å². The second-order valence-electron chi connectivity index (χ2n) is 14.1. The van der Waals surface area contributed by atoms with E-state index < -0.39 is 79.9 Å². The summed E-state index contributed by atoms with van der Waals surface area (Å²) in [6.07, 6.45) is -2.11. The van der Waals surface area contributed by atoms with E-state index in [0.717, 1.165) is 26.2 Å². The summed E-state index contributed by atoms with van der Waals surface area (Å²) in [6.45, 7) is 8.81. The third-order valence-corrected chi connectivity index (χ3v) is 7.77. The molecule has 3 N–H and O–H groups in total. The average molecular weight is 758 g/mol. The topological polar surface area (TPSA) is 177 Å². The van der Waals surface area contributed by atoms with Crippen LogP contribution in [0.2, 0.25) is 0 Å². The Morgan fingerprint density at radius 1 is 0.731 bits per heavy atom. The standard InChI is InChI=1S/C34H55F4N3O11/c1-24(2)27(43)47-17-13-39-28(44)48-14-10-8-7-9-11-15-49-29(45)40-21-32(6)19-26(18-31(4,5)20-32)41-30(46)51-23-34(37,38)52-16-12-33(35,36)22-50-25(3)42/h26H,1,7-23H2,2-6H3,(H,39,44)(H,40,45)(H,41,46). The number of ether oxygens (including phenoxy) is 6. The Hall–Kier alpha value is -3.83. The molecule has 1 rings (SSSR count). The van der Waals surface area contributed by atoms with E-state index in [9.17, 15) is 41.5 Å². The lowest BCUT2D eigenvalue weighted by Crippen LogP contribution is -2.50. The Morgan fingerprint density at radius 2 is 1.33 bits per heavy atom. The summed E-state index contributed by atoms with van der Waals surface area (Å²) in [7, 11) is 0. The molecule has 1 aliphatic carbocycles. The van der Waals surface area contributed by atoms with Gasteiger partial charge in [0.15, 0.2) is 13.2 Å². The van der Waals surface area contributed by atoms with Crippen molar-refractivity contribution in [1.82, 2.24) is 16.0 Å². The van der Waals surface area contributed by atoms with Gasteiger partial charge < -0.3 is 44.4 Å². The Labute approximate surface area is 302 Å². The summed E-state index contributed by atoms with van der Waals surface area (Å²) in [5.74, 6) is -5.04. The molecule has 300 valence electrons. The fourth-order valence-electron chi connectivity index (χ4n) is 5.77. The zero-order valence-electron chi connectivity index (χ0n) is 30.8. The molecule has 0 radical (unpaired) electrons. The van der Waals surface area contributed by atoms with Crippen molar-refractivity contribution in [3.8, 4) is 0 Å². The lowest BCUT2D eigenvalue weighted by atomic mass is 9.62. The van der Waals surface area contributed by atoms with Crippen LogP contribution in [-0.2, 0) is 38.0 Å². The van der Waals surface area contributed by atoms with Crippen LogP contribution in [-0.4, -0.2) is 101 Å². The summed E-state index contributed by atoms with van der Waals surface area (Å²) in [5, 5.41) is 7.83. The predicted octanol–water partition coefficient (Wildman–Crippen LogP) is 6.02. The number of hydrogen-bond acceptors (Lipinski definition) is 11. The number of hydrogen-bond donors (Lipinski definition) is 3. The highest BCUT2D eigenvalue weighted by atomic mass is 19.3. The summed E-state index contributed by atoms with van der Waals surface area (Å²) < 4.78 is 83.5. The number of carbonyl (C=O) groups is 5. The van der Waals surface area contributed by atoms with Gasteiger partial charge in [0.1, 0.15) is 6.61 Å². The molecule has 0 aromatic rings. The molecule has 18 heteroatoms. The van der Waals surface area contributed by atoms with Gasteiger partial charge in [-0.3, -0.25) is 4.79 Å². The van der Waals surface area contributed by atoms with Gasteiger partial charge in [0.2, 0.25) is 0 Å². The fourth-order valence-corrected chi connectivity index (χ4v) is 5.77. The number of nitrogens with one attached hydrogen (secondary N) is 3. The predicted molar refractivity (Wildman–Crippen MR) is 179 cm³/mol. The molecule has 0 aromatic carbocycles. The summed E-state index contributed by atoms with van der Waals surface area (Å²) in [4.78, 5) is 58.3. The molecule has 0 spiro atoms. The number of halogens is 4. The lowest BCUT2D eigenvalue weighted by molar-refractivity contribution is -0.262. The van der Waals surface area contributed by atoms with Gasteiger partial charge in [0, 0.05) is 31.5 Å². The van der Waals surface area contributed by atoms with Crippen LogP contribution in [0.25, 0.3) is 0 Å². The molecule has 0 saturated heterocycles. The Kier molecular flexibility index (Phi) is 19.8. The number of alkyl carbamates (subject to hydrolysis) is 3. The van der Waals surface area contributed by atoms with Crippen molar-refractivity contribution in [1.29, 1.82) is 0 Å². The number of esters is 2. The van der Waals surface area contributed by atoms with Crippen LogP contribution in [0, 0.1) is 10.8 Å². The number of alkyl halides is 4. The van der Waals surface area contributed by atoms with Crippen molar-refractivity contribution >= 4 is 30.2 Å². The van der Waals surface area contributed by atoms with E-state index in [1.165, 1.54) is 6.92 Å². The maximum Gasteiger partial charge on any atom is 0.407 e. The van der Waals surface area contributed by atoms with E-state index >= 15 is 0 Å². The van der Waals surface area contributed by atoms with E-state index in [4.69, 9.17) is 14.2 Å². The Balaban J connectivity index is 2.28. The first-order valence-electron chi connectivity index (χ1n) is 17.2. The van der Waals surface area contributed by atoms with Crippen LogP contribution in [0.15, 0.2) is 12.2 Å². The van der Waals surface area contributed by atoms with Crippen molar-refractivity contribution in [2.24, 2.45) is 10.8 Å². The molecule has 52 heavy (non-hydrogen) atoms. The van der Waals surface area contributed by atoms with E-state index in [-0.39, 0.29) is 43.9 Å². The van der Waals surface area contributed by atoms with Gasteiger partial charge in [0.05, 0.1) is 26.4 Å².